The Morgan fingerprint density at radius 1 is 1.12 bits per heavy atom. The van der Waals surface area contributed by atoms with Crippen molar-refractivity contribution in [2.24, 2.45) is 0 Å². The van der Waals surface area contributed by atoms with E-state index in [0.717, 1.165) is 10.5 Å². The number of rotatable bonds is 3. The molecule has 3 rings (SSSR count). The number of hydrogen-bond acceptors (Lipinski definition) is 4. The van der Waals surface area contributed by atoms with Gasteiger partial charge in [-0.25, -0.2) is 4.90 Å². The summed E-state index contributed by atoms with van der Waals surface area (Å²) < 4.78 is 0. The predicted octanol–water partition coefficient (Wildman–Crippen LogP) is 2.65. The molecule has 0 unspecified atom stereocenters. The first-order chi connectivity index (χ1) is 11.5. The quantitative estimate of drug-likeness (QED) is 0.881. The molecule has 2 aromatic rings. The van der Waals surface area contributed by atoms with Gasteiger partial charge in [0.2, 0.25) is 5.91 Å². The van der Waals surface area contributed by atoms with Crippen LogP contribution in [0.3, 0.4) is 0 Å². The molecule has 0 radical (unpaired) electrons. The van der Waals surface area contributed by atoms with Crippen LogP contribution in [0.1, 0.15) is 32.7 Å². The molecule has 0 saturated carbocycles. The average Bonchev–Trinajstić information content (AvgIpc) is 2.81. The zero-order valence-electron chi connectivity index (χ0n) is 12.9. The molecule has 0 saturated heterocycles. The highest BCUT2D eigenvalue weighted by Crippen LogP contribution is 2.34. The fraction of sp³-hybridized carbons (Fsp3) is 0.111. The number of anilines is 2. The Bertz CT molecular complexity index is 912. The zero-order valence-corrected chi connectivity index (χ0v) is 12.9. The molecule has 3 amide bonds. The second kappa shape index (κ2) is 5.97. The smallest absolute Gasteiger partial charge is 0.268 e. The van der Waals surface area contributed by atoms with Gasteiger partial charge in [0, 0.05) is 0 Å². The van der Waals surface area contributed by atoms with Gasteiger partial charge in [-0.05, 0) is 30.7 Å². The molecule has 118 valence electrons. The lowest BCUT2D eigenvalue weighted by atomic mass is 10.1. The van der Waals surface area contributed by atoms with Crippen molar-refractivity contribution in [1.29, 1.82) is 5.26 Å². The maximum Gasteiger partial charge on any atom is 0.268 e. The first-order valence-electron chi connectivity index (χ1n) is 7.29. The van der Waals surface area contributed by atoms with Crippen LogP contribution in [-0.4, -0.2) is 17.7 Å². The zero-order chi connectivity index (χ0) is 17.3. The Labute approximate surface area is 138 Å². The first kappa shape index (κ1) is 15.4. The number of benzene rings is 2. The van der Waals surface area contributed by atoms with E-state index in [0.29, 0.717) is 5.69 Å². The van der Waals surface area contributed by atoms with E-state index >= 15 is 0 Å². The van der Waals surface area contributed by atoms with Gasteiger partial charge in [0.15, 0.2) is 0 Å². The number of imide groups is 1. The van der Waals surface area contributed by atoms with Crippen LogP contribution in [0.4, 0.5) is 11.4 Å². The third-order valence-corrected chi connectivity index (χ3v) is 3.78. The van der Waals surface area contributed by atoms with Gasteiger partial charge in [-0.3, -0.25) is 14.4 Å². The van der Waals surface area contributed by atoms with E-state index in [1.54, 1.807) is 36.4 Å². The lowest BCUT2D eigenvalue weighted by Crippen LogP contribution is -2.30. The summed E-state index contributed by atoms with van der Waals surface area (Å²) in [6.07, 6.45) is -0.326. The van der Waals surface area contributed by atoms with Crippen molar-refractivity contribution in [1.82, 2.24) is 0 Å². The number of fused-ring (bicyclic) bond motifs is 1. The summed E-state index contributed by atoms with van der Waals surface area (Å²) in [5.74, 6) is -1.45. The van der Waals surface area contributed by atoms with E-state index in [4.69, 9.17) is 5.26 Å². The van der Waals surface area contributed by atoms with Crippen LogP contribution < -0.4 is 10.2 Å². The van der Waals surface area contributed by atoms with Gasteiger partial charge in [0.1, 0.15) is 6.42 Å². The van der Waals surface area contributed by atoms with Crippen molar-refractivity contribution in [3.63, 3.8) is 0 Å². The van der Waals surface area contributed by atoms with Crippen molar-refractivity contribution in [2.75, 3.05) is 10.2 Å². The number of nitrogens with one attached hydrogen (secondary N) is 1. The number of para-hydroxylation sites is 1. The topological polar surface area (TPSA) is 90.3 Å². The number of nitriles is 1. The van der Waals surface area contributed by atoms with Gasteiger partial charge in [-0.15, -0.1) is 0 Å². The third-order valence-electron chi connectivity index (χ3n) is 3.78. The fourth-order valence-electron chi connectivity index (χ4n) is 2.69. The minimum absolute atomic E-state index is 0.150. The molecular weight excluding hydrogens is 306 g/mol. The number of carbonyl (C=O) groups is 3. The highest BCUT2D eigenvalue weighted by Gasteiger charge is 2.39. The van der Waals surface area contributed by atoms with E-state index in [2.05, 4.69) is 5.32 Å². The van der Waals surface area contributed by atoms with Crippen molar-refractivity contribution in [3.8, 4) is 6.07 Å². The summed E-state index contributed by atoms with van der Waals surface area (Å²) in [7, 11) is 0. The standard InChI is InChI=1S/C18H13N3O3/c1-11-5-2-3-8-14(11)21-17(23)12-6-4-7-13(16(12)18(21)24)20-15(22)9-10-19/h2-8H,9H2,1H3,(H,20,22). The SMILES string of the molecule is Cc1ccccc1N1C(=O)c2cccc(NC(=O)CC#N)c2C1=O. The van der Waals surface area contributed by atoms with E-state index in [-0.39, 0.29) is 23.2 Å². The van der Waals surface area contributed by atoms with Crippen LogP contribution in [0.25, 0.3) is 0 Å². The molecule has 0 fully saturated rings. The Morgan fingerprint density at radius 2 is 1.88 bits per heavy atom. The molecule has 1 aliphatic rings. The summed E-state index contributed by atoms with van der Waals surface area (Å²) in [6.45, 7) is 1.81. The molecule has 0 atom stereocenters. The monoisotopic (exact) mass is 319 g/mol. The van der Waals surface area contributed by atoms with Gasteiger partial charge in [0.05, 0.1) is 28.6 Å². The largest absolute Gasteiger partial charge is 0.324 e. The molecule has 24 heavy (non-hydrogen) atoms. The van der Waals surface area contributed by atoms with Crippen LogP contribution in [0, 0.1) is 18.3 Å². The Morgan fingerprint density at radius 3 is 2.58 bits per heavy atom. The van der Waals surface area contributed by atoms with Gasteiger partial charge in [0.25, 0.3) is 11.8 Å². The van der Waals surface area contributed by atoms with Crippen molar-refractivity contribution in [3.05, 3.63) is 59.2 Å². The molecule has 1 N–H and O–H groups in total. The van der Waals surface area contributed by atoms with E-state index in [9.17, 15) is 14.4 Å². The Balaban J connectivity index is 2.05. The predicted molar refractivity (Wildman–Crippen MR) is 87.6 cm³/mol. The summed E-state index contributed by atoms with van der Waals surface area (Å²) in [5, 5.41) is 11.1. The summed E-state index contributed by atoms with van der Waals surface area (Å²) in [6, 6.07) is 13.5. The van der Waals surface area contributed by atoms with E-state index in [1.165, 1.54) is 0 Å². The second-order valence-electron chi connectivity index (χ2n) is 5.34. The molecule has 0 bridgehead atoms. The second-order valence-corrected chi connectivity index (χ2v) is 5.34. The minimum atomic E-state index is -0.527. The molecular formula is C18H13N3O3. The van der Waals surface area contributed by atoms with Gasteiger partial charge >= 0.3 is 0 Å². The fourth-order valence-corrected chi connectivity index (χ4v) is 2.69. The maximum absolute atomic E-state index is 12.8. The third kappa shape index (κ3) is 2.42. The van der Waals surface area contributed by atoms with Crippen LogP contribution in [0.2, 0.25) is 0 Å². The highest BCUT2D eigenvalue weighted by atomic mass is 16.2. The van der Waals surface area contributed by atoms with Crippen molar-refractivity contribution >= 4 is 29.1 Å². The minimum Gasteiger partial charge on any atom is -0.324 e. The number of aryl methyl sites for hydroxylation is 1. The van der Waals surface area contributed by atoms with E-state index in [1.807, 2.05) is 19.1 Å². The molecule has 1 heterocycles. The number of hydrogen-bond donors (Lipinski definition) is 1. The number of nitrogens with zero attached hydrogens (tertiary/aromatic N) is 2. The normalized spacial score (nSPS) is 12.8. The van der Waals surface area contributed by atoms with Gasteiger partial charge in [-0.1, -0.05) is 24.3 Å². The van der Waals surface area contributed by atoms with Crippen molar-refractivity contribution in [2.45, 2.75) is 13.3 Å². The number of carbonyl (C=O) groups excluding carboxylic acids is 3. The van der Waals surface area contributed by atoms with Gasteiger partial charge < -0.3 is 5.32 Å². The van der Waals surface area contributed by atoms with Crippen LogP contribution in [0.15, 0.2) is 42.5 Å². The molecule has 6 nitrogen and oxygen atoms in total. The Hall–Kier alpha value is -3.46. The van der Waals surface area contributed by atoms with Crippen LogP contribution >= 0.6 is 0 Å². The molecule has 0 aromatic heterocycles. The van der Waals surface area contributed by atoms with Crippen LogP contribution in [0.5, 0.6) is 0 Å². The van der Waals surface area contributed by atoms with E-state index < -0.39 is 17.7 Å². The first-order valence-corrected chi connectivity index (χ1v) is 7.29. The Kier molecular flexibility index (Phi) is 3.84. The van der Waals surface area contributed by atoms with Crippen LogP contribution in [-0.2, 0) is 4.79 Å². The average molecular weight is 319 g/mol. The highest BCUT2D eigenvalue weighted by molar-refractivity contribution is 6.36. The molecule has 6 heteroatoms. The summed E-state index contributed by atoms with van der Waals surface area (Å²) in [4.78, 5) is 38.2. The maximum atomic E-state index is 12.8. The molecule has 2 aromatic carbocycles. The summed E-state index contributed by atoms with van der Waals surface area (Å²) >= 11 is 0. The summed E-state index contributed by atoms with van der Waals surface area (Å²) in [5.41, 5.74) is 1.93. The lowest BCUT2D eigenvalue weighted by molar-refractivity contribution is -0.115. The lowest BCUT2D eigenvalue weighted by Gasteiger charge is -2.16. The van der Waals surface area contributed by atoms with Crippen molar-refractivity contribution < 1.29 is 14.4 Å². The van der Waals surface area contributed by atoms with Gasteiger partial charge in [-0.2, -0.15) is 5.26 Å². The molecule has 1 aliphatic heterocycles. The molecule has 0 aliphatic carbocycles. The molecule has 0 spiro atoms. The number of amides is 3.